The van der Waals surface area contributed by atoms with E-state index in [0.717, 1.165) is 23.3 Å². The molecule has 0 aliphatic carbocycles. The summed E-state index contributed by atoms with van der Waals surface area (Å²) in [5.41, 5.74) is 4.96. The summed E-state index contributed by atoms with van der Waals surface area (Å²) >= 11 is 0. The molecule has 1 heterocycles. The Kier molecular flexibility index (Phi) is 4.12. The molecular formula is C21H25NO2. The molecule has 0 saturated carbocycles. The molecule has 1 aliphatic heterocycles. The van der Waals surface area contributed by atoms with E-state index in [1.165, 1.54) is 11.1 Å². The molecule has 1 atom stereocenters. The normalized spacial score (nSPS) is 18.5. The SMILES string of the molecule is Cc1ccc2c(c1)C(NC(=O)c1ccc(C)c(C)c1)CC(C)(C)O2. The summed E-state index contributed by atoms with van der Waals surface area (Å²) in [4.78, 5) is 12.7. The molecule has 0 saturated heterocycles. The first-order chi connectivity index (χ1) is 11.2. The minimum absolute atomic E-state index is 0.0340. The number of amides is 1. The zero-order valence-electron chi connectivity index (χ0n) is 15.1. The first kappa shape index (κ1) is 16.6. The van der Waals surface area contributed by atoms with Crippen LogP contribution in [0.2, 0.25) is 0 Å². The van der Waals surface area contributed by atoms with Gasteiger partial charge in [-0.3, -0.25) is 4.79 Å². The monoisotopic (exact) mass is 323 g/mol. The summed E-state index contributed by atoms with van der Waals surface area (Å²) in [7, 11) is 0. The fraction of sp³-hybridized carbons (Fsp3) is 0.381. The molecule has 1 unspecified atom stereocenters. The second kappa shape index (κ2) is 5.97. The number of rotatable bonds is 2. The second-order valence-corrected chi connectivity index (χ2v) is 7.43. The van der Waals surface area contributed by atoms with Crippen molar-refractivity contribution in [2.24, 2.45) is 0 Å². The van der Waals surface area contributed by atoms with Crippen molar-refractivity contribution in [2.45, 2.75) is 52.7 Å². The van der Waals surface area contributed by atoms with Crippen LogP contribution in [0, 0.1) is 20.8 Å². The molecule has 3 nitrogen and oxygen atoms in total. The lowest BCUT2D eigenvalue weighted by Crippen LogP contribution is -2.41. The molecule has 2 aromatic carbocycles. The number of hydrogen-bond acceptors (Lipinski definition) is 2. The second-order valence-electron chi connectivity index (χ2n) is 7.43. The van der Waals surface area contributed by atoms with Crippen molar-refractivity contribution in [3.05, 3.63) is 64.2 Å². The highest BCUT2D eigenvalue weighted by Crippen LogP contribution is 2.40. The molecule has 1 aliphatic rings. The van der Waals surface area contributed by atoms with Crippen molar-refractivity contribution in [1.29, 1.82) is 0 Å². The van der Waals surface area contributed by atoms with Crippen LogP contribution in [-0.2, 0) is 0 Å². The van der Waals surface area contributed by atoms with E-state index in [4.69, 9.17) is 4.74 Å². The first-order valence-corrected chi connectivity index (χ1v) is 8.43. The maximum atomic E-state index is 12.7. The molecule has 1 amide bonds. The van der Waals surface area contributed by atoms with Gasteiger partial charge in [-0.25, -0.2) is 0 Å². The van der Waals surface area contributed by atoms with E-state index in [-0.39, 0.29) is 17.6 Å². The first-order valence-electron chi connectivity index (χ1n) is 8.43. The van der Waals surface area contributed by atoms with Gasteiger partial charge in [-0.05, 0) is 63.9 Å². The number of benzene rings is 2. The van der Waals surface area contributed by atoms with E-state index in [0.29, 0.717) is 5.56 Å². The minimum Gasteiger partial charge on any atom is -0.487 e. The summed E-state index contributed by atoms with van der Waals surface area (Å²) in [6, 6.07) is 11.9. The van der Waals surface area contributed by atoms with Crippen LogP contribution in [0.1, 0.15) is 58.9 Å². The predicted octanol–water partition coefficient (Wildman–Crippen LogP) is 4.64. The van der Waals surface area contributed by atoms with Crippen molar-refractivity contribution < 1.29 is 9.53 Å². The highest BCUT2D eigenvalue weighted by Gasteiger charge is 2.34. The van der Waals surface area contributed by atoms with Gasteiger partial charge in [0.2, 0.25) is 0 Å². The van der Waals surface area contributed by atoms with Crippen LogP contribution in [0.5, 0.6) is 5.75 Å². The zero-order chi connectivity index (χ0) is 17.5. The maximum Gasteiger partial charge on any atom is 0.251 e. The van der Waals surface area contributed by atoms with Gasteiger partial charge in [0.1, 0.15) is 11.4 Å². The number of fused-ring (bicyclic) bond motifs is 1. The summed E-state index contributed by atoms with van der Waals surface area (Å²) < 4.78 is 6.08. The van der Waals surface area contributed by atoms with Gasteiger partial charge >= 0.3 is 0 Å². The van der Waals surface area contributed by atoms with Gasteiger partial charge in [0.05, 0.1) is 6.04 Å². The zero-order valence-corrected chi connectivity index (χ0v) is 15.1. The van der Waals surface area contributed by atoms with Crippen LogP contribution in [0.15, 0.2) is 36.4 Å². The van der Waals surface area contributed by atoms with Crippen molar-refractivity contribution in [1.82, 2.24) is 5.32 Å². The minimum atomic E-state index is -0.302. The van der Waals surface area contributed by atoms with Gasteiger partial charge in [0, 0.05) is 17.5 Å². The number of hydrogen-bond donors (Lipinski definition) is 1. The molecule has 0 radical (unpaired) electrons. The van der Waals surface area contributed by atoms with E-state index in [1.807, 2.05) is 37.3 Å². The van der Waals surface area contributed by atoms with E-state index in [9.17, 15) is 4.79 Å². The summed E-state index contributed by atoms with van der Waals surface area (Å²) in [5.74, 6) is 0.829. The molecule has 126 valence electrons. The third kappa shape index (κ3) is 3.30. The number of carbonyl (C=O) groups excluding carboxylic acids is 1. The van der Waals surface area contributed by atoms with Gasteiger partial charge in [-0.1, -0.05) is 23.8 Å². The Morgan fingerprint density at radius 2 is 1.83 bits per heavy atom. The largest absolute Gasteiger partial charge is 0.487 e. The summed E-state index contributed by atoms with van der Waals surface area (Å²) in [6.07, 6.45) is 0.750. The van der Waals surface area contributed by atoms with Crippen molar-refractivity contribution in [2.75, 3.05) is 0 Å². The van der Waals surface area contributed by atoms with Crippen molar-refractivity contribution >= 4 is 5.91 Å². The van der Waals surface area contributed by atoms with Crippen LogP contribution in [0.3, 0.4) is 0 Å². The average Bonchev–Trinajstić information content (AvgIpc) is 2.50. The molecule has 0 bridgehead atoms. The maximum absolute atomic E-state index is 12.7. The molecule has 24 heavy (non-hydrogen) atoms. The Balaban J connectivity index is 1.90. The van der Waals surface area contributed by atoms with Crippen LogP contribution in [0.4, 0.5) is 0 Å². The Hall–Kier alpha value is -2.29. The highest BCUT2D eigenvalue weighted by atomic mass is 16.5. The fourth-order valence-corrected chi connectivity index (χ4v) is 3.23. The Morgan fingerprint density at radius 1 is 1.08 bits per heavy atom. The topological polar surface area (TPSA) is 38.3 Å². The van der Waals surface area contributed by atoms with Gasteiger partial charge in [-0.2, -0.15) is 0 Å². The Labute approximate surface area is 144 Å². The quantitative estimate of drug-likeness (QED) is 0.874. The van der Waals surface area contributed by atoms with Crippen molar-refractivity contribution in [3.63, 3.8) is 0 Å². The molecule has 3 heteroatoms. The van der Waals surface area contributed by atoms with E-state index >= 15 is 0 Å². The summed E-state index contributed by atoms with van der Waals surface area (Å²) in [5, 5.41) is 3.20. The molecule has 3 rings (SSSR count). The standard InChI is InChI=1S/C21H25NO2/c1-13-6-9-19-17(10-13)18(12-21(4,5)24-19)22-20(23)16-8-7-14(2)15(3)11-16/h6-11,18H,12H2,1-5H3,(H,22,23). The molecule has 0 aromatic heterocycles. The van der Waals surface area contributed by atoms with Gasteiger partial charge in [0.15, 0.2) is 0 Å². The number of nitrogens with one attached hydrogen (secondary N) is 1. The van der Waals surface area contributed by atoms with Gasteiger partial charge < -0.3 is 10.1 Å². The molecular weight excluding hydrogens is 298 g/mol. The highest BCUT2D eigenvalue weighted by molar-refractivity contribution is 5.94. The van der Waals surface area contributed by atoms with Crippen molar-refractivity contribution in [3.8, 4) is 5.75 Å². The Bertz CT molecular complexity index is 792. The number of carbonyl (C=O) groups is 1. The van der Waals surface area contributed by atoms with Crippen LogP contribution < -0.4 is 10.1 Å². The van der Waals surface area contributed by atoms with Gasteiger partial charge in [0.25, 0.3) is 5.91 Å². The number of ether oxygens (including phenoxy) is 1. The lowest BCUT2D eigenvalue weighted by molar-refractivity contribution is 0.0619. The lowest BCUT2D eigenvalue weighted by Gasteiger charge is -2.38. The number of aryl methyl sites for hydroxylation is 3. The molecule has 0 spiro atoms. The smallest absolute Gasteiger partial charge is 0.251 e. The summed E-state index contributed by atoms with van der Waals surface area (Å²) in [6.45, 7) is 10.3. The van der Waals surface area contributed by atoms with Gasteiger partial charge in [-0.15, -0.1) is 0 Å². The lowest BCUT2D eigenvalue weighted by atomic mass is 9.88. The average molecular weight is 323 g/mol. The third-order valence-electron chi connectivity index (χ3n) is 4.70. The van der Waals surface area contributed by atoms with E-state index in [2.05, 4.69) is 39.1 Å². The molecule has 2 aromatic rings. The van der Waals surface area contributed by atoms with E-state index < -0.39 is 0 Å². The third-order valence-corrected chi connectivity index (χ3v) is 4.70. The van der Waals surface area contributed by atoms with E-state index in [1.54, 1.807) is 0 Å². The predicted molar refractivity (Wildman–Crippen MR) is 96.6 cm³/mol. The fourth-order valence-electron chi connectivity index (χ4n) is 3.23. The molecule has 1 N–H and O–H groups in total. The molecule has 0 fully saturated rings. The Morgan fingerprint density at radius 3 is 2.54 bits per heavy atom. The van der Waals surface area contributed by atoms with Crippen LogP contribution in [-0.4, -0.2) is 11.5 Å². The van der Waals surface area contributed by atoms with Crippen LogP contribution >= 0.6 is 0 Å². The van der Waals surface area contributed by atoms with Crippen LogP contribution in [0.25, 0.3) is 0 Å².